The van der Waals surface area contributed by atoms with E-state index in [9.17, 15) is 9.59 Å². The van der Waals surface area contributed by atoms with Crippen molar-refractivity contribution >= 4 is 12.1 Å². The number of urea groups is 1. The van der Waals surface area contributed by atoms with Crippen LogP contribution in [0.25, 0.3) is 0 Å². The molecule has 2 N–H and O–H groups in total. The number of hydrogen-bond acceptors (Lipinski definition) is 3. The van der Waals surface area contributed by atoms with Crippen molar-refractivity contribution in [1.82, 2.24) is 9.80 Å². The van der Waals surface area contributed by atoms with Crippen molar-refractivity contribution < 1.29 is 14.3 Å². The topological polar surface area (TPSA) is 75.9 Å². The number of nitrogens with two attached hydrogens (primary N) is 1. The number of carbonyl (C=O) groups is 2. The largest absolute Gasteiger partial charge is 0.445 e. The Labute approximate surface area is 112 Å². The van der Waals surface area contributed by atoms with E-state index in [0.717, 1.165) is 5.56 Å². The molecule has 1 aromatic carbocycles. The van der Waals surface area contributed by atoms with Crippen LogP contribution in [0.15, 0.2) is 30.3 Å². The molecule has 1 aromatic rings. The summed E-state index contributed by atoms with van der Waals surface area (Å²) in [5.41, 5.74) is 6.01. The highest BCUT2D eigenvalue weighted by Gasteiger charge is 2.11. The van der Waals surface area contributed by atoms with Crippen molar-refractivity contribution in [1.29, 1.82) is 0 Å². The zero-order valence-electron chi connectivity index (χ0n) is 11.2. The molecule has 0 aromatic heterocycles. The molecule has 0 saturated carbocycles. The number of rotatable bonds is 5. The van der Waals surface area contributed by atoms with Gasteiger partial charge in [-0.25, -0.2) is 9.59 Å². The smallest absolute Gasteiger partial charge is 0.409 e. The van der Waals surface area contributed by atoms with Crippen LogP contribution < -0.4 is 5.73 Å². The Kier molecular flexibility index (Phi) is 5.66. The summed E-state index contributed by atoms with van der Waals surface area (Å²) in [6.07, 6.45) is -0.429. The fourth-order valence-corrected chi connectivity index (χ4v) is 1.33. The van der Waals surface area contributed by atoms with Gasteiger partial charge < -0.3 is 20.3 Å². The van der Waals surface area contributed by atoms with E-state index in [2.05, 4.69) is 0 Å². The van der Waals surface area contributed by atoms with E-state index >= 15 is 0 Å². The number of benzene rings is 1. The molecule has 19 heavy (non-hydrogen) atoms. The number of ether oxygens (including phenoxy) is 1. The predicted octanol–water partition coefficient (Wildman–Crippen LogP) is 1.27. The monoisotopic (exact) mass is 265 g/mol. The number of likely N-dealkylation sites (N-methyl/N-ethyl adjacent to an activating group) is 2. The molecule has 0 spiro atoms. The number of carbonyl (C=O) groups excluding carboxylic acids is 2. The minimum atomic E-state index is -0.522. The highest BCUT2D eigenvalue weighted by atomic mass is 16.6. The summed E-state index contributed by atoms with van der Waals surface area (Å²) in [5, 5.41) is 0. The highest BCUT2D eigenvalue weighted by Crippen LogP contribution is 2.02. The lowest BCUT2D eigenvalue weighted by molar-refractivity contribution is 0.102. The van der Waals surface area contributed by atoms with Gasteiger partial charge in [-0.2, -0.15) is 0 Å². The Morgan fingerprint density at radius 2 is 1.68 bits per heavy atom. The maximum Gasteiger partial charge on any atom is 0.409 e. The summed E-state index contributed by atoms with van der Waals surface area (Å²) in [6.45, 7) is 0.967. The summed E-state index contributed by atoms with van der Waals surface area (Å²) < 4.78 is 5.13. The first-order valence-corrected chi connectivity index (χ1v) is 5.93. The second kappa shape index (κ2) is 7.25. The molecule has 0 aliphatic heterocycles. The van der Waals surface area contributed by atoms with Crippen molar-refractivity contribution in [2.24, 2.45) is 5.73 Å². The molecule has 104 valence electrons. The zero-order chi connectivity index (χ0) is 14.3. The van der Waals surface area contributed by atoms with E-state index in [4.69, 9.17) is 10.5 Å². The molecule has 6 nitrogen and oxygen atoms in total. The molecule has 0 aliphatic rings. The molecule has 0 unspecified atom stereocenters. The summed E-state index contributed by atoms with van der Waals surface area (Å²) in [5.74, 6) is 0. The van der Waals surface area contributed by atoms with Gasteiger partial charge in [-0.15, -0.1) is 0 Å². The van der Waals surface area contributed by atoms with Gasteiger partial charge in [0.25, 0.3) is 0 Å². The van der Waals surface area contributed by atoms with Gasteiger partial charge in [0.1, 0.15) is 6.61 Å². The van der Waals surface area contributed by atoms with E-state index < -0.39 is 12.1 Å². The van der Waals surface area contributed by atoms with Crippen LogP contribution in [0.4, 0.5) is 9.59 Å². The molecular weight excluding hydrogens is 246 g/mol. The molecule has 1 rings (SSSR count). The van der Waals surface area contributed by atoms with Gasteiger partial charge >= 0.3 is 12.1 Å². The third-order valence-electron chi connectivity index (χ3n) is 2.66. The SMILES string of the molecule is CN(CCN(C)C(=O)OCc1ccccc1)C(N)=O. The minimum Gasteiger partial charge on any atom is -0.445 e. The summed E-state index contributed by atoms with van der Waals surface area (Å²) in [7, 11) is 3.19. The van der Waals surface area contributed by atoms with Gasteiger partial charge in [-0.1, -0.05) is 30.3 Å². The van der Waals surface area contributed by atoms with Gasteiger partial charge in [0, 0.05) is 27.2 Å². The number of primary amides is 1. The first-order valence-electron chi connectivity index (χ1n) is 5.93. The van der Waals surface area contributed by atoms with Gasteiger partial charge in [-0.05, 0) is 5.56 Å². The maximum atomic E-state index is 11.7. The van der Waals surface area contributed by atoms with Crippen molar-refractivity contribution in [2.75, 3.05) is 27.2 Å². The van der Waals surface area contributed by atoms with Crippen molar-refractivity contribution in [2.45, 2.75) is 6.61 Å². The molecule has 0 radical (unpaired) electrons. The van der Waals surface area contributed by atoms with Crippen LogP contribution in [-0.4, -0.2) is 49.1 Å². The predicted molar refractivity (Wildman–Crippen MR) is 71.5 cm³/mol. The molecule has 0 aliphatic carbocycles. The van der Waals surface area contributed by atoms with Gasteiger partial charge in [0.05, 0.1) is 0 Å². The maximum absolute atomic E-state index is 11.7. The molecule has 0 atom stereocenters. The first kappa shape index (κ1) is 14.8. The van der Waals surface area contributed by atoms with Gasteiger partial charge in [0.15, 0.2) is 0 Å². The van der Waals surface area contributed by atoms with Crippen LogP contribution in [0.5, 0.6) is 0 Å². The van der Waals surface area contributed by atoms with Crippen LogP contribution in [-0.2, 0) is 11.3 Å². The van der Waals surface area contributed by atoms with E-state index in [1.54, 1.807) is 14.1 Å². The number of amides is 3. The Hall–Kier alpha value is -2.24. The van der Waals surface area contributed by atoms with Crippen LogP contribution >= 0.6 is 0 Å². The standard InChI is InChI=1S/C13H19N3O3/c1-15(12(14)17)8-9-16(2)13(18)19-10-11-6-4-3-5-7-11/h3-7H,8-10H2,1-2H3,(H2,14,17). The van der Waals surface area contributed by atoms with Crippen molar-refractivity contribution in [3.63, 3.8) is 0 Å². The highest BCUT2D eigenvalue weighted by molar-refractivity contribution is 5.71. The number of hydrogen-bond donors (Lipinski definition) is 1. The molecule has 0 heterocycles. The Morgan fingerprint density at radius 3 is 2.26 bits per heavy atom. The van der Waals surface area contributed by atoms with E-state index in [-0.39, 0.29) is 6.61 Å². The third-order valence-corrected chi connectivity index (χ3v) is 2.66. The molecule has 3 amide bonds. The van der Waals surface area contributed by atoms with Crippen LogP contribution in [0.1, 0.15) is 5.56 Å². The Bertz CT molecular complexity index is 422. The van der Waals surface area contributed by atoms with Crippen LogP contribution in [0.3, 0.4) is 0 Å². The van der Waals surface area contributed by atoms with Crippen molar-refractivity contribution in [3.05, 3.63) is 35.9 Å². The van der Waals surface area contributed by atoms with E-state index in [0.29, 0.717) is 13.1 Å². The fourth-order valence-electron chi connectivity index (χ4n) is 1.33. The molecule has 0 bridgehead atoms. The van der Waals surface area contributed by atoms with Crippen molar-refractivity contribution in [3.8, 4) is 0 Å². The third kappa shape index (κ3) is 5.29. The minimum absolute atomic E-state index is 0.232. The van der Waals surface area contributed by atoms with Gasteiger partial charge in [-0.3, -0.25) is 0 Å². The normalized spacial score (nSPS) is 9.79. The Balaban J connectivity index is 2.31. The summed E-state index contributed by atoms with van der Waals surface area (Å²) in [6, 6.07) is 8.91. The second-order valence-electron chi connectivity index (χ2n) is 4.22. The molecule has 0 fully saturated rings. The lowest BCUT2D eigenvalue weighted by Crippen LogP contribution is -2.39. The lowest BCUT2D eigenvalue weighted by atomic mass is 10.2. The molecule has 0 saturated heterocycles. The van der Waals surface area contributed by atoms with Crippen LogP contribution in [0.2, 0.25) is 0 Å². The van der Waals surface area contributed by atoms with Gasteiger partial charge in [0.2, 0.25) is 0 Å². The lowest BCUT2D eigenvalue weighted by Gasteiger charge is -2.20. The van der Waals surface area contributed by atoms with E-state index in [1.165, 1.54) is 9.80 Å². The Morgan fingerprint density at radius 1 is 1.11 bits per heavy atom. The molecule has 6 heteroatoms. The quantitative estimate of drug-likeness (QED) is 0.871. The average molecular weight is 265 g/mol. The summed E-state index contributed by atoms with van der Waals surface area (Å²) >= 11 is 0. The second-order valence-corrected chi connectivity index (χ2v) is 4.22. The zero-order valence-corrected chi connectivity index (χ0v) is 11.2. The molecular formula is C13H19N3O3. The average Bonchev–Trinajstić information content (AvgIpc) is 2.42. The summed E-state index contributed by atoms with van der Waals surface area (Å²) in [4.78, 5) is 25.2. The van der Waals surface area contributed by atoms with Crippen LogP contribution in [0, 0.1) is 0 Å². The van der Waals surface area contributed by atoms with E-state index in [1.807, 2.05) is 30.3 Å². The number of nitrogens with zero attached hydrogens (tertiary/aromatic N) is 2. The first-order chi connectivity index (χ1) is 9.00. The fraction of sp³-hybridized carbons (Fsp3) is 0.385.